The minimum absolute atomic E-state index is 0.00410. The molecule has 0 aromatic carbocycles. The summed E-state index contributed by atoms with van der Waals surface area (Å²) in [4.78, 5) is 16.5. The maximum atomic E-state index is 12.2. The lowest BCUT2D eigenvalue weighted by Crippen LogP contribution is -2.33. The maximum absolute atomic E-state index is 12.2. The molecule has 7 nitrogen and oxygen atoms in total. The second kappa shape index (κ2) is 6.89. The van der Waals surface area contributed by atoms with Crippen LogP contribution in [0.4, 0.5) is 10.6 Å². The van der Waals surface area contributed by atoms with Gasteiger partial charge >= 0.3 is 6.03 Å². The molecule has 8 heteroatoms. The van der Waals surface area contributed by atoms with Crippen molar-refractivity contribution in [3.63, 3.8) is 0 Å². The monoisotopic (exact) mass is 321 g/mol. The number of ether oxygens (including phenoxy) is 1. The van der Waals surface area contributed by atoms with Crippen LogP contribution in [0.2, 0.25) is 0 Å². The molecule has 2 aromatic heterocycles. The van der Waals surface area contributed by atoms with Crippen molar-refractivity contribution in [1.82, 2.24) is 20.1 Å². The minimum Gasteiger partial charge on any atom is -0.383 e. The molecule has 118 valence electrons. The Bertz CT molecular complexity index is 609. The van der Waals surface area contributed by atoms with Crippen molar-refractivity contribution >= 4 is 23.2 Å². The average molecular weight is 321 g/mol. The fourth-order valence-corrected chi connectivity index (χ4v) is 3.01. The molecule has 1 aliphatic rings. The van der Waals surface area contributed by atoms with Crippen LogP contribution in [0, 0.1) is 5.92 Å². The van der Waals surface area contributed by atoms with Gasteiger partial charge in [-0.3, -0.25) is 10.00 Å². The van der Waals surface area contributed by atoms with Gasteiger partial charge in [0.1, 0.15) is 5.01 Å². The van der Waals surface area contributed by atoms with Gasteiger partial charge < -0.3 is 10.1 Å². The van der Waals surface area contributed by atoms with E-state index in [1.807, 2.05) is 11.6 Å². The Balaban J connectivity index is 1.56. The number of hydrogen-bond acceptors (Lipinski definition) is 5. The first-order chi connectivity index (χ1) is 10.8. The molecular weight excluding hydrogens is 302 g/mol. The highest BCUT2D eigenvalue weighted by atomic mass is 32.1. The number of nitrogens with one attached hydrogen (secondary N) is 2. The Labute approximate surface area is 132 Å². The third-order valence-corrected chi connectivity index (χ3v) is 4.36. The molecule has 0 unspecified atom stereocenters. The van der Waals surface area contributed by atoms with Crippen LogP contribution in [0.1, 0.15) is 23.9 Å². The zero-order chi connectivity index (χ0) is 15.4. The Morgan fingerprint density at radius 3 is 3.14 bits per heavy atom. The number of hydrogen-bond donors (Lipinski definition) is 2. The molecule has 22 heavy (non-hydrogen) atoms. The normalized spacial score (nSPS) is 15.5. The lowest BCUT2D eigenvalue weighted by Gasteiger charge is -2.15. The van der Waals surface area contributed by atoms with Crippen molar-refractivity contribution < 1.29 is 9.53 Å². The number of methoxy groups -OCH3 is 1. The molecule has 3 rings (SSSR count). The zero-order valence-electron chi connectivity index (χ0n) is 12.4. The molecule has 2 amide bonds. The van der Waals surface area contributed by atoms with E-state index in [1.165, 1.54) is 0 Å². The predicted molar refractivity (Wildman–Crippen MR) is 83.8 cm³/mol. The second-order valence-electron chi connectivity index (χ2n) is 5.24. The third kappa shape index (κ3) is 3.83. The van der Waals surface area contributed by atoms with Crippen molar-refractivity contribution in [2.75, 3.05) is 19.0 Å². The quantitative estimate of drug-likeness (QED) is 0.819. The van der Waals surface area contributed by atoms with E-state index in [9.17, 15) is 4.79 Å². The highest BCUT2D eigenvalue weighted by molar-refractivity contribution is 7.09. The summed E-state index contributed by atoms with van der Waals surface area (Å²) in [5, 5.41) is 12.9. The molecular formula is C14H19N5O2S. The first-order valence-corrected chi connectivity index (χ1v) is 8.13. The number of carbonyl (C=O) groups is 1. The van der Waals surface area contributed by atoms with Crippen molar-refractivity contribution in [2.45, 2.75) is 25.4 Å². The predicted octanol–water partition coefficient (Wildman–Crippen LogP) is 2.26. The largest absolute Gasteiger partial charge is 0.383 e. The van der Waals surface area contributed by atoms with Gasteiger partial charge in [-0.1, -0.05) is 0 Å². The molecule has 0 radical (unpaired) electrons. The zero-order valence-corrected chi connectivity index (χ0v) is 13.2. The summed E-state index contributed by atoms with van der Waals surface area (Å²) in [5.41, 5.74) is 0. The smallest absolute Gasteiger partial charge is 0.321 e. The van der Waals surface area contributed by atoms with E-state index in [1.54, 1.807) is 35.4 Å². The van der Waals surface area contributed by atoms with E-state index in [0.717, 1.165) is 17.8 Å². The fourth-order valence-electron chi connectivity index (χ4n) is 2.23. The topological polar surface area (TPSA) is 81.1 Å². The number of carbonyl (C=O) groups excluding carboxylic acids is 1. The van der Waals surface area contributed by atoms with Crippen LogP contribution >= 0.6 is 11.3 Å². The van der Waals surface area contributed by atoms with Gasteiger partial charge in [-0.15, -0.1) is 11.3 Å². The first kappa shape index (κ1) is 15.0. The highest BCUT2D eigenvalue weighted by Crippen LogP contribution is 2.41. The van der Waals surface area contributed by atoms with Gasteiger partial charge in [0.2, 0.25) is 0 Å². The van der Waals surface area contributed by atoms with Crippen LogP contribution in [0.5, 0.6) is 0 Å². The molecule has 0 aliphatic heterocycles. The summed E-state index contributed by atoms with van der Waals surface area (Å²) in [5.74, 6) is 1.03. The number of aromatic nitrogens is 3. The highest BCUT2D eigenvalue weighted by Gasteiger charge is 2.35. The van der Waals surface area contributed by atoms with Crippen LogP contribution in [-0.2, 0) is 11.3 Å². The lowest BCUT2D eigenvalue weighted by atomic mass is 10.2. The van der Waals surface area contributed by atoms with Crippen molar-refractivity contribution in [1.29, 1.82) is 0 Å². The molecule has 2 heterocycles. The molecule has 1 saturated carbocycles. The van der Waals surface area contributed by atoms with E-state index in [4.69, 9.17) is 4.74 Å². The van der Waals surface area contributed by atoms with Crippen molar-refractivity contribution in [3.8, 4) is 0 Å². The van der Waals surface area contributed by atoms with Crippen LogP contribution in [0.3, 0.4) is 0 Å². The third-order valence-electron chi connectivity index (χ3n) is 3.50. The standard InChI is InChI=1S/C14H19N5O2S/c1-21-8-7-19-6-4-11(18-19)16-14(20)17-12(10-2-3-10)13-15-5-9-22-13/h4-6,9-10,12H,2-3,7-8H2,1H3,(H2,16,17,18,20)/t12-/m1/s1. The Kier molecular flexibility index (Phi) is 4.69. The van der Waals surface area contributed by atoms with Crippen molar-refractivity contribution in [3.05, 3.63) is 28.8 Å². The van der Waals surface area contributed by atoms with Gasteiger partial charge in [0.25, 0.3) is 0 Å². The van der Waals surface area contributed by atoms with Gasteiger partial charge in [0.05, 0.1) is 19.2 Å². The molecule has 0 bridgehead atoms. The van der Waals surface area contributed by atoms with E-state index < -0.39 is 0 Å². The van der Waals surface area contributed by atoms with E-state index in [0.29, 0.717) is 24.9 Å². The molecule has 1 fully saturated rings. The number of thiazole rings is 1. The van der Waals surface area contributed by atoms with E-state index in [2.05, 4.69) is 20.7 Å². The number of anilines is 1. The molecule has 2 aromatic rings. The number of nitrogens with zero attached hydrogens (tertiary/aromatic N) is 3. The second-order valence-corrected chi connectivity index (χ2v) is 6.17. The summed E-state index contributed by atoms with van der Waals surface area (Å²) < 4.78 is 6.73. The first-order valence-electron chi connectivity index (χ1n) is 7.25. The minimum atomic E-state index is -0.246. The number of rotatable bonds is 7. The fraction of sp³-hybridized carbons (Fsp3) is 0.500. The number of amides is 2. The summed E-state index contributed by atoms with van der Waals surface area (Å²) in [7, 11) is 1.65. The van der Waals surface area contributed by atoms with Gasteiger partial charge in [-0.05, 0) is 18.8 Å². The summed E-state index contributed by atoms with van der Waals surface area (Å²) in [6.07, 6.45) is 5.85. The van der Waals surface area contributed by atoms with Gasteiger partial charge in [0.15, 0.2) is 5.82 Å². The van der Waals surface area contributed by atoms with Gasteiger partial charge in [0, 0.05) is 30.9 Å². The van der Waals surface area contributed by atoms with Crippen LogP contribution < -0.4 is 10.6 Å². The summed E-state index contributed by atoms with van der Waals surface area (Å²) in [6, 6.07) is 1.52. The van der Waals surface area contributed by atoms with Gasteiger partial charge in [-0.2, -0.15) is 5.10 Å². The molecule has 0 spiro atoms. The Hall–Kier alpha value is -1.93. The van der Waals surface area contributed by atoms with Gasteiger partial charge in [-0.25, -0.2) is 9.78 Å². The summed E-state index contributed by atoms with van der Waals surface area (Å²) in [6.45, 7) is 1.24. The average Bonchev–Trinajstić information content (AvgIpc) is 3.02. The summed E-state index contributed by atoms with van der Waals surface area (Å²) >= 11 is 1.57. The molecule has 1 aliphatic carbocycles. The molecule has 1 atom stereocenters. The Morgan fingerprint density at radius 1 is 1.59 bits per heavy atom. The van der Waals surface area contributed by atoms with E-state index in [-0.39, 0.29) is 12.1 Å². The van der Waals surface area contributed by atoms with E-state index >= 15 is 0 Å². The lowest BCUT2D eigenvalue weighted by molar-refractivity contribution is 0.183. The number of urea groups is 1. The van der Waals surface area contributed by atoms with Crippen LogP contribution in [-0.4, -0.2) is 34.5 Å². The SMILES string of the molecule is COCCn1ccc(NC(=O)N[C@@H](c2nccs2)C2CC2)n1. The Morgan fingerprint density at radius 2 is 2.45 bits per heavy atom. The van der Waals surface area contributed by atoms with Crippen LogP contribution in [0.25, 0.3) is 0 Å². The maximum Gasteiger partial charge on any atom is 0.321 e. The van der Waals surface area contributed by atoms with Crippen LogP contribution in [0.15, 0.2) is 23.8 Å². The molecule has 0 saturated heterocycles. The van der Waals surface area contributed by atoms with Crippen molar-refractivity contribution in [2.24, 2.45) is 5.92 Å². The molecule has 2 N–H and O–H groups in total.